The van der Waals surface area contributed by atoms with Crippen molar-refractivity contribution in [1.29, 1.82) is 0 Å². The predicted octanol–water partition coefficient (Wildman–Crippen LogP) is 4.67. The van der Waals surface area contributed by atoms with Crippen molar-refractivity contribution < 1.29 is 42.7 Å². The molecule has 0 spiro atoms. The molecular weight excluding hydrogens is 393 g/mol. The van der Waals surface area contributed by atoms with E-state index in [4.69, 9.17) is 33.5 Å². The second-order valence-corrected chi connectivity index (χ2v) is 6.52. The average Bonchev–Trinajstić information content (AvgIpc) is 2.93. The highest BCUT2D eigenvalue weighted by Gasteiger charge is 2.27. The quantitative estimate of drug-likeness (QED) is 0.638. The van der Waals surface area contributed by atoms with E-state index < -0.39 is 141 Å². The molecule has 31 heavy (non-hydrogen) atoms. The lowest BCUT2D eigenvalue weighted by Crippen LogP contribution is -2.49. The molecule has 168 valence electrons. The van der Waals surface area contributed by atoms with Crippen molar-refractivity contribution in [3.63, 3.8) is 0 Å². The first-order chi connectivity index (χ1) is 23.2. The number of rotatable bonds is 8. The van der Waals surface area contributed by atoms with E-state index in [1.165, 1.54) is 13.8 Å². The Morgan fingerprint density at radius 1 is 1.26 bits per heavy atom. The van der Waals surface area contributed by atoms with Crippen molar-refractivity contribution in [2.45, 2.75) is 45.7 Å². The van der Waals surface area contributed by atoms with E-state index >= 15 is 0 Å². The molecule has 2 aromatic carbocycles. The molecule has 0 bridgehead atoms. The highest BCUT2D eigenvalue weighted by molar-refractivity contribution is 5.74. The van der Waals surface area contributed by atoms with Crippen LogP contribution in [0.3, 0.4) is 0 Å². The minimum Gasteiger partial charge on any atom is -0.493 e. The summed E-state index contributed by atoms with van der Waals surface area (Å²) in [6.07, 6.45) is -2.43. The number of hydrogen-bond donors (Lipinski definition) is 1. The van der Waals surface area contributed by atoms with Gasteiger partial charge in [0.05, 0.1) is 25.7 Å². The number of likely N-dealkylation sites (tertiary alicyclic amines) is 1. The monoisotopic (exact) mass is 448 g/mol. The summed E-state index contributed by atoms with van der Waals surface area (Å²) in [5.74, 6) is -3.49. The Hall–Kier alpha value is -2.60. The van der Waals surface area contributed by atoms with Crippen LogP contribution in [0.15, 0.2) is 48.3 Å². The molecule has 1 aliphatic rings. The third-order valence-electron chi connectivity index (χ3n) is 3.67. The van der Waals surface area contributed by atoms with Crippen molar-refractivity contribution >= 4 is 6.03 Å². The highest BCUT2D eigenvalue weighted by Crippen LogP contribution is 2.19. The van der Waals surface area contributed by atoms with E-state index in [9.17, 15) is 9.18 Å². The number of hydrogen-bond acceptors (Lipinski definition) is 3. The molecule has 0 unspecified atom stereocenters. The Morgan fingerprint density at radius 2 is 1.90 bits per heavy atom. The number of piperidine rings is 1. The van der Waals surface area contributed by atoms with Crippen LogP contribution in [0.25, 0.3) is 0 Å². The average molecular weight is 449 g/mol. The number of urea groups is 1. The van der Waals surface area contributed by atoms with Crippen LogP contribution in [0.5, 0.6) is 5.75 Å². The minimum absolute atomic E-state index is 0.106. The van der Waals surface area contributed by atoms with Gasteiger partial charge in [-0.1, -0.05) is 38.0 Å². The summed E-state index contributed by atoms with van der Waals surface area (Å²) in [5, 5.41) is 1.64. The molecule has 1 aliphatic heterocycles. The number of carbonyl (C=O) groups excluding carboxylic acids is 1. The van der Waals surface area contributed by atoms with Gasteiger partial charge in [-0.3, -0.25) is 0 Å². The van der Waals surface area contributed by atoms with Crippen molar-refractivity contribution in [3.05, 3.63) is 65.3 Å². The third-order valence-corrected chi connectivity index (χ3v) is 3.67. The van der Waals surface area contributed by atoms with Crippen LogP contribution in [0.1, 0.15) is 66.6 Å². The summed E-state index contributed by atoms with van der Waals surface area (Å²) < 4.78 is 193. The molecular formula is C25H34FN3O2. The smallest absolute Gasteiger partial charge is 0.318 e. The van der Waals surface area contributed by atoms with Crippen LogP contribution >= 0.6 is 0 Å². The van der Waals surface area contributed by atoms with Gasteiger partial charge in [-0.2, -0.15) is 0 Å². The Morgan fingerprint density at radius 3 is 2.52 bits per heavy atom. The maximum absolute atomic E-state index is 14.5. The van der Waals surface area contributed by atoms with Crippen LogP contribution < -0.4 is 10.1 Å². The predicted molar refractivity (Wildman–Crippen MR) is 121 cm³/mol. The minimum atomic E-state index is -3.72. The van der Waals surface area contributed by atoms with Crippen molar-refractivity contribution in [1.82, 2.24) is 15.1 Å². The molecule has 1 fully saturated rings. The first-order valence-electron chi connectivity index (χ1n) is 19.6. The van der Waals surface area contributed by atoms with E-state index in [-0.39, 0.29) is 9.80 Å². The molecule has 1 N–H and O–H groups in total. The van der Waals surface area contributed by atoms with Gasteiger partial charge >= 0.3 is 6.03 Å². The molecule has 0 aliphatic carbocycles. The summed E-state index contributed by atoms with van der Waals surface area (Å²) in [6.45, 7) is -16.8. The summed E-state index contributed by atoms with van der Waals surface area (Å²) in [5.41, 5.74) is -2.52. The van der Waals surface area contributed by atoms with Crippen LogP contribution in [0.2, 0.25) is 0 Å². The number of benzene rings is 2. The fourth-order valence-electron chi connectivity index (χ4n) is 2.25. The first-order valence-corrected chi connectivity index (χ1v) is 9.14. The Labute approximate surface area is 214 Å². The van der Waals surface area contributed by atoms with Crippen molar-refractivity contribution in [3.8, 4) is 5.75 Å². The van der Waals surface area contributed by atoms with Gasteiger partial charge in [-0.05, 0) is 74.0 Å². The molecule has 1 heterocycles. The largest absolute Gasteiger partial charge is 0.493 e. The zero-order valence-electron chi connectivity index (χ0n) is 37.7. The Bertz CT molecular complexity index is 1670. The molecule has 0 atom stereocenters. The molecule has 0 aromatic heterocycles. The SMILES string of the molecule is [2H]c1c([2H])c(C([2H])([2H])N(C(=O)NC([2H])([2H])c2c([2H])c([2H])c(OC([2H])([2H])C(C)C)c([2H])c2[2H])C2CC([2H])([2H])N(C([2H])([2H])[2H])C([2H])([2H])C2)c([2H])c([2H])c1F. The molecule has 2 aromatic rings. The normalized spacial score (nSPS) is 30.0. The lowest BCUT2D eigenvalue weighted by molar-refractivity contribution is 0.127. The highest BCUT2D eigenvalue weighted by atomic mass is 19.1. The van der Waals surface area contributed by atoms with E-state index in [1.807, 2.05) is 0 Å². The first kappa shape index (κ1) is 8.07. The third kappa shape index (κ3) is 7.24. The van der Waals surface area contributed by atoms with Crippen molar-refractivity contribution in [2.24, 2.45) is 5.92 Å². The van der Waals surface area contributed by atoms with Crippen LogP contribution in [-0.4, -0.2) is 48.4 Å². The van der Waals surface area contributed by atoms with E-state index in [0.29, 0.717) is 0 Å². The fraction of sp³-hybridized carbons (Fsp3) is 0.480. The van der Waals surface area contributed by atoms with Gasteiger partial charge in [0.15, 0.2) is 0 Å². The zero-order valence-corrected chi connectivity index (χ0v) is 16.7. The van der Waals surface area contributed by atoms with Crippen molar-refractivity contribution in [2.75, 3.05) is 26.5 Å². The number of halogens is 1. The summed E-state index contributed by atoms with van der Waals surface area (Å²) >= 11 is 0. The van der Waals surface area contributed by atoms with Gasteiger partial charge in [0, 0.05) is 28.6 Å². The zero-order chi connectivity index (χ0) is 40.6. The maximum atomic E-state index is 14.5. The summed E-state index contributed by atoms with van der Waals surface area (Å²) in [6, 6.07) is -14.2. The Balaban J connectivity index is 2.29. The van der Waals surface area contributed by atoms with Gasteiger partial charge in [0.2, 0.25) is 0 Å². The standard InChI is InChI=1S/C25H34FN3O2/c1-19(2)18-31-24-10-6-20(7-11-24)16-27-25(30)29(23-12-14-28(3)15-13-23)17-21-4-8-22(26)9-5-21/h4-11,19,23H,12-18H2,1-3H3,(H,27,30)/i3D3,4D,5D,6D,7D,8D,9D,10D,11D,14D2,15D2,16D2,17D2,18D2. The van der Waals surface area contributed by atoms with Gasteiger partial charge in [0.1, 0.15) is 11.6 Å². The number of carbonyl (C=O) groups is 1. The molecule has 3 rings (SSSR count). The number of ether oxygens (including phenoxy) is 1. The molecule has 0 saturated carbocycles. The molecule has 6 heteroatoms. The van der Waals surface area contributed by atoms with Crippen LogP contribution in [0.4, 0.5) is 9.18 Å². The number of nitrogens with zero attached hydrogens (tertiary/aromatic N) is 2. The Kier molecular flexibility index (Phi) is 2.90. The lowest BCUT2D eigenvalue weighted by atomic mass is 10.0. The second-order valence-electron chi connectivity index (χ2n) is 6.52. The van der Waals surface area contributed by atoms with Crippen LogP contribution in [-0.2, 0) is 13.0 Å². The fourth-order valence-corrected chi connectivity index (χ4v) is 2.25. The van der Waals surface area contributed by atoms with E-state index in [1.54, 1.807) is 5.32 Å². The molecule has 0 radical (unpaired) electrons. The number of nitrogens with one attached hydrogen (secondary N) is 1. The summed E-state index contributed by atoms with van der Waals surface area (Å²) in [7, 11) is 0. The van der Waals surface area contributed by atoms with E-state index in [2.05, 4.69) is 0 Å². The van der Waals surface area contributed by atoms with Gasteiger partial charge < -0.3 is 19.9 Å². The molecule has 5 nitrogen and oxygen atoms in total. The number of amides is 2. The molecule has 1 saturated heterocycles. The second kappa shape index (κ2) is 11.1. The molecule has 2 amide bonds. The van der Waals surface area contributed by atoms with Crippen LogP contribution in [0, 0.1) is 11.7 Å². The summed E-state index contributed by atoms with van der Waals surface area (Å²) in [4.78, 5) is 13.9. The lowest BCUT2D eigenvalue weighted by Gasteiger charge is -2.37. The van der Waals surface area contributed by atoms with Gasteiger partial charge in [-0.15, -0.1) is 0 Å². The van der Waals surface area contributed by atoms with E-state index in [0.717, 1.165) is 0 Å². The maximum Gasteiger partial charge on any atom is 0.318 e. The van der Waals surface area contributed by atoms with Gasteiger partial charge in [-0.25, -0.2) is 9.18 Å². The van der Waals surface area contributed by atoms with Gasteiger partial charge in [0.25, 0.3) is 0 Å². The topological polar surface area (TPSA) is 44.8 Å².